The lowest BCUT2D eigenvalue weighted by molar-refractivity contribution is 0.0978. The van der Waals surface area contributed by atoms with Crippen molar-refractivity contribution in [2.75, 3.05) is 13.2 Å². The maximum atomic E-state index is 9.72. The summed E-state index contributed by atoms with van der Waals surface area (Å²) in [6.07, 6.45) is 3.71. The van der Waals surface area contributed by atoms with E-state index in [-0.39, 0.29) is 12.1 Å². The van der Waals surface area contributed by atoms with Crippen LogP contribution in [0.25, 0.3) is 0 Å². The van der Waals surface area contributed by atoms with Crippen LogP contribution in [-0.2, 0) is 0 Å². The molecule has 19 heavy (non-hydrogen) atoms. The normalized spacial score (nSPS) is 21.2. The lowest BCUT2D eigenvalue weighted by Crippen LogP contribution is -2.53. The summed E-state index contributed by atoms with van der Waals surface area (Å²) in [4.78, 5) is 2.65. The van der Waals surface area contributed by atoms with Crippen molar-refractivity contribution in [1.29, 1.82) is 0 Å². The first-order chi connectivity index (χ1) is 8.77. The van der Waals surface area contributed by atoms with Crippen molar-refractivity contribution in [3.8, 4) is 0 Å². The average Bonchev–Trinajstić information content (AvgIpc) is 3.08. The van der Waals surface area contributed by atoms with Crippen molar-refractivity contribution in [3.63, 3.8) is 0 Å². The van der Waals surface area contributed by atoms with E-state index >= 15 is 0 Å². The molecule has 0 heterocycles. The Hall–Kier alpha value is -0.120. The van der Waals surface area contributed by atoms with E-state index in [0.29, 0.717) is 18.0 Å². The molecule has 0 aliphatic heterocycles. The van der Waals surface area contributed by atoms with Gasteiger partial charge in [0.2, 0.25) is 0 Å². The molecule has 2 unspecified atom stereocenters. The fourth-order valence-electron chi connectivity index (χ4n) is 3.15. The van der Waals surface area contributed by atoms with Gasteiger partial charge in [0.1, 0.15) is 0 Å². The van der Waals surface area contributed by atoms with Gasteiger partial charge in [0.05, 0.1) is 6.61 Å². The predicted molar refractivity (Wildman–Crippen MR) is 82.4 cm³/mol. The molecule has 0 radical (unpaired) electrons. The molecule has 0 spiro atoms. The zero-order valence-electron chi connectivity index (χ0n) is 13.7. The van der Waals surface area contributed by atoms with Gasteiger partial charge in [-0.2, -0.15) is 0 Å². The van der Waals surface area contributed by atoms with Crippen LogP contribution in [0.15, 0.2) is 0 Å². The van der Waals surface area contributed by atoms with Crippen LogP contribution < -0.4 is 5.32 Å². The van der Waals surface area contributed by atoms with Gasteiger partial charge in [-0.25, -0.2) is 0 Å². The molecule has 3 heteroatoms. The Bertz CT molecular complexity index is 263. The summed E-state index contributed by atoms with van der Waals surface area (Å²) in [6, 6.07) is 1.72. The van der Waals surface area contributed by atoms with Gasteiger partial charge in [-0.05, 0) is 39.0 Å². The number of hydrogen-bond donors (Lipinski definition) is 2. The molecule has 0 aromatic heterocycles. The molecule has 2 atom stereocenters. The van der Waals surface area contributed by atoms with E-state index in [4.69, 9.17) is 0 Å². The highest BCUT2D eigenvalue weighted by Crippen LogP contribution is 2.31. The smallest absolute Gasteiger partial charge is 0.0611 e. The molecular formula is C16H34N2O. The van der Waals surface area contributed by atoms with Gasteiger partial charge < -0.3 is 10.4 Å². The van der Waals surface area contributed by atoms with Gasteiger partial charge >= 0.3 is 0 Å². The number of nitrogens with zero attached hydrogens (tertiary/aromatic N) is 1. The van der Waals surface area contributed by atoms with Gasteiger partial charge in [0.25, 0.3) is 0 Å². The largest absolute Gasteiger partial charge is 0.394 e. The molecule has 1 rings (SSSR count). The van der Waals surface area contributed by atoms with Gasteiger partial charge in [-0.3, -0.25) is 4.90 Å². The molecule has 0 bridgehead atoms. The van der Waals surface area contributed by atoms with Gasteiger partial charge in [0.15, 0.2) is 0 Å². The van der Waals surface area contributed by atoms with Crippen molar-refractivity contribution in [1.82, 2.24) is 10.2 Å². The van der Waals surface area contributed by atoms with Crippen molar-refractivity contribution < 1.29 is 5.11 Å². The molecule has 1 aliphatic rings. The number of nitrogens with one attached hydrogen (secondary N) is 1. The first-order valence-corrected chi connectivity index (χ1v) is 7.91. The quantitative estimate of drug-likeness (QED) is 0.676. The number of aliphatic hydroxyl groups is 1. The second-order valence-electron chi connectivity index (χ2n) is 7.39. The van der Waals surface area contributed by atoms with Gasteiger partial charge in [-0.15, -0.1) is 0 Å². The van der Waals surface area contributed by atoms with E-state index in [2.05, 4.69) is 51.8 Å². The van der Waals surface area contributed by atoms with Gasteiger partial charge in [0, 0.05) is 30.2 Å². The van der Waals surface area contributed by atoms with E-state index in [1.165, 1.54) is 19.4 Å². The zero-order valence-corrected chi connectivity index (χ0v) is 13.7. The number of rotatable bonds is 9. The first-order valence-electron chi connectivity index (χ1n) is 7.91. The second kappa shape index (κ2) is 7.05. The van der Waals surface area contributed by atoms with Crippen LogP contribution in [0.3, 0.4) is 0 Å². The minimum Gasteiger partial charge on any atom is -0.394 e. The molecule has 0 aromatic carbocycles. The highest BCUT2D eigenvalue weighted by Gasteiger charge is 2.35. The summed E-state index contributed by atoms with van der Waals surface area (Å²) in [7, 11) is 0. The minimum absolute atomic E-state index is 0.169. The maximum Gasteiger partial charge on any atom is 0.0611 e. The molecule has 0 amide bonds. The molecule has 114 valence electrons. The molecule has 3 nitrogen and oxygen atoms in total. The number of hydrogen-bond acceptors (Lipinski definition) is 3. The van der Waals surface area contributed by atoms with Gasteiger partial charge in [-0.1, -0.05) is 27.7 Å². The Kier molecular flexibility index (Phi) is 6.28. The summed E-state index contributed by atoms with van der Waals surface area (Å²) in [5.41, 5.74) is -0.169. The van der Waals surface area contributed by atoms with Crippen LogP contribution in [0.5, 0.6) is 0 Å². The fourth-order valence-corrected chi connectivity index (χ4v) is 3.15. The van der Waals surface area contributed by atoms with E-state index in [0.717, 1.165) is 12.5 Å². The maximum absolute atomic E-state index is 9.72. The highest BCUT2D eigenvalue weighted by molar-refractivity contribution is 4.93. The Labute approximate surface area is 119 Å². The summed E-state index contributed by atoms with van der Waals surface area (Å²) in [6.45, 7) is 14.7. The van der Waals surface area contributed by atoms with Crippen LogP contribution in [0.1, 0.15) is 60.8 Å². The zero-order chi connectivity index (χ0) is 14.6. The molecular weight excluding hydrogens is 236 g/mol. The van der Waals surface area contributed by atoms with Crippen LogP contribution in [0.2, 0.25) is 0 Å². The first kappa shape index (κ1) is 16.9. The third-order valence-corrected chi connectivity index (χ3v) is 3.89. The average molecular weight is 270 g/mol. The predicted octanol–water partition coefficient (Wildman–Crippen LogP) is 2.63. The summed E-state index contributed by atoms with van der Waals surface area (Å²) in [5.74, 6) is 0.710. The lowest BCUT2D eigenvalue weighted by atomic mass is 9.92. The van der Waals surface area contributed by atoms with E-state index < -0.39 is 0 Å². The van der Waals surface area contributed by atoms with Crippen LogP contribution in [0.4, 0.5) is 0 Å². The summed E-state index contributed by atoms with van der Waals surface area (Å²) < 4.78 is 0. The Balaban J connectivity index is 2.60. The fraction of sp³-hybridized carbons (Fsp3) is 1.00. The van der Waals surface area contributed by atoms with Crippen molar-refractivity contribution in [2.24, 2.45) is 5.92 Å². The monoisotopic (exact) mass is 270 g/mol. The van der Waals surface area contributed by atoms with E-state index in [9.17, 15) is 5.11 Å². The lowest BCUT2D eigenvalue weighted by Gasteiger charge is -2.38. The Morgan fingerprint density at radius 2 is 1.79 bits per heavy atom. The summed E-state index contributed by atoms with van der Waals surface area (Å²) in [5, 5.41) is 13.2. The Morgan fingerprint density at radius 1 is 1.21 bits per heavy atom. The van der Waals surface area contributed by atoms with E-state index in [1.807, 2.05) is 0 Å². The van der Waals surface area contributed by atoms with Crippen molar-refractivity contribution in [2.45, 2.75) is 84.5 Å². The number of aliphatic hydroxyl groups excluding tert-OH is 1. The molecule has 2 N–H and O–H groups in total. The Morgan fingerprint density at radius 3 is 2.16 bits per heavy atom. The molecule has 1 fully saturated rings. The molecule has 0 saturated heterocycles. The van der Waals surface area contributed by atoms with Crippen LogP contribution in [0, 0.1) is 5.92 Å². The van der Waals surface area contributed by atoms with Crippen molar-refractivity contribution >= 4 is 0 Å². The molecule has 0 aromatic rings. The standard InChI is InChI=1S/C16H34N2O/c1-12(2)10-18(15-7-8-15)14(5)9-16(6,11-19)17-13(3)4/h12-15,17,19H,7-11H2,1-6H3. The summed E-state index contributed by atoms with van der Waals surface area (Å²) >= 11 is 0. The second-order valence-corrected chi connectivity index (χ2v) is 7.39. The van der Waals surface area contributed by atoms with Crippen LogP contribution in [-0.4, -0.2) is 46.8 Å². The van der Waals surface area contributed by atoms with E-state index in [1.54, 1.807) is 0 Å². The highest BCUT2D eigenvalue weighted by atomic mass is 16.3. The molecule has 1 saturated carbocycles. The minimum atomic E-state index is -0.169. The third kappa shape index (κ3) is 5.80. The topological polar surface area (TPSA) is 35.5 Å². The SMILES string of the molecule is CC(C)CN(C(C)CC(C)(CO)NC(C)C)C1CC1. The van der Waals surface area contributed by atoms with Crippen LogP contribution >= 0.6 is 0 Å². The third-order valence-electron chi connectivity index (χ3n) is 3.89. The van der Waals surface area contributed by atoms with Crippen molar-refractivity contribution in [3.05, 3.63) is 0 Å². The molecule has 1 aliphatic carbocycles.